The van der Waals surface area contributed by atoms with Crippen molar-refractivity contribution in [3.8, 4) is 0 Å². The van der Waals surface area contributed by atoms with Crippen LogP contribution >= 0.6 is 0 Å². The maximum absolute atomic E-state index is 12.2. The second kappa shape index (κ2) is 6.24. The topological polar surface area (TPSA) is 68.3 Å². The molecule has 0 bridgehead atoms. The molecule has 2 atom stereocenters. The van der Waals surface area contributed by atoms with Gasteiger partial charge in [0.1, 0.15) is 5.76 Å². The van der Waals surface area contributed by atoms with Gasteiger partial charge < -0.3 is 15.5 Å². The first kappa shape index (κ1) is 14.1. The van der Waals surface area contributed by atoms with Crippen LogP contribution in [0.1, 0.15) is 55.8 Å². The van der Waals surface area contributed by atoms with Gasteiger partial charge in [0, 0.05) is 6.04 Å². The zero-order valence-electron chi connectivity index (χ0n) is 11.8. The molecule has 2 unspecified atom stereocenters. The van der Waals surface area contributed by atoms with Crippen LogP contribution in [-0.4, -0.2) is 11.9 Å². The molecular formula is C15H24N2O2. The molecule has 1 amide bonds. The largest absolute Gasteiger partial charge is 0.455 e. The van der Waals surface area contributed by atoms with Crippen molar-refractivity contribution in [3.05, 3.63) is 23.7 Å². The van der Waals surface area contributed by atoms with Gasteiger partial charge in [0.2, 0.25) is 0 Å². The number of rotatable bonds is 4. The summed E-state index contributed by atoms with van der Waals surface area (Å²) in [6.45, 7) is 4.79. The van der Waals surface area contributed by atoms with E-state index in [2.05, 4.69) is 19.2 Å². The van der Waals surface area contributed by atoms with E-state index in [-0.39, 0.29) is 11.9 Å². The zero-order chi connectivity index (χ0) is 13.8. The van der Waals surface area contributed by atoms with E-state index in [0.29, 0.717) is 29.9 Å². The Morgan fingerprint density at radius 2 is 2.16 bits per heavy atom. The molecule has 1 fully saturated rings. The number of nitrogens with two attached hydrogens (primary N) is 1. The van der Waals surface area contributed by atoms with Crippen molar-refractivity contribution in [2.75, 3.05) is 0 Å². The van der Waals surface area contributed by atoms with Gasteiger partial charge in [-0.1, -0.05) is 26.7 Å². The lowest BCUT2D eigenvalue weighted by Gasteiger charge is -2.34. The van der Waals surface area contributed by atoms with Crippen LogP contribution in [0.4, 0.5) is 0 Å². The number of carbonyl (C=O) groups is 1. The molecule has 1 aromatic heterocycles. The predicted molar refractivity (Wildman–Crippen MR) is 74.6 cm³/mol. The third kappa shape index (κ3) is 3.38. The van der Waals surface area contributed by atoms with E-state index >= 15 is 0 Å². The molecule has 4 heteroatoms. The fraction of sp³-hybridized carbons (Fsp3) is 0.667. The Bertz CT molecular complexity index is 426. The lowest BCUT2D eigenvalue weighted by molar-refractivity contribution is 0.0859. The summed E-state index contributed by atoms with van der Waals surface area (Å²) >= 11 is 0. The van der Waals surface area contributed by atoms with Crippen LogP contribution < -0.4 is 11.1 Å². The van der Waals surface area contributed by atoms with E-state index in [1.54, 1.807) is 12.1 Å². The Labute approximate surface area is 114 Å². The second-order valence-electron chi connectivity index (χ2n) is 5.74. The van der Waals surface area contributed by atoms with Crippen LogP contribution in [0.15, 0.2) is 16.5 Å². The van der Waals surface area contributed by atoms with Gasteiger partial charge >= 0.3 is 0 Å². The monoisotopic (exact) mass is 264 g/mol. The minimum absolute atomic E-state index is 0.114. The highest BCUT2D eigenvalue weighted by molar-refractivity contribution is 5.91. The fourth-order valence-corrected chi connectivity index (χ4v) is 2.99. The van der Waals surface area contributed by atoms with Gasteiger partial charge in [-0.3, -0.25) is 4.79 Å². The maximum atomic E-state index is 12.2. The Balaban J connectivity index is 2.00. The molecule has 1 aliphatic rings. The van der Waals surface area contributed by atoms with Gasteiger partial charge in [-0.2, -0.15) is 0 Å². The van der Waals surface area contributed by atoms with Gasteiger partial charge in [0.05, 0.1) is 6.54 Å². The standard InChI is InChI=1S/C15H24N2O2/c1-10(2)12-5-3-4-6-13(12)17-15(18)14-8-7-11(9-16)19-14/h7-8,10,12-13H,3-6,9,16H2,1-2H3,(H,17,18). The highest BCUT2D eigenvalue weighted by Crippen LogP contribution is 2.30. The van der Waals surface area contributed by atoms with Crippen LogP contribution in [0.3, 0.4) is 0 Å². The van der Waals surface area contributed by atoms with Crippen molar-refractivity contribution >= 4 is 5.91 Å². The van der Waals surface area contributed by atoms with Crippen LogP contribution in [0.2, 0.25) is 0 Å². The summed E-state index contributed by atoms with van der Waals surface area (Å²) in [5, 5.41) is 3.13. The minimum atomic E-state index is -0.114. The third-order valence-electron chi connectivity index (χ3n) is 4.08. The smallest absolute Gasteiger partial charge is 0.287 e. The van der Waals surface area contributed by atoms with Crippen molar-refractivity contribution < 1.29 is 9.21 Å². The summed E-state index contributed by atoms with van der Waals surface area (Å²) in [6.07, 6.45) is 4.74. The normalized spacial score (nSPS) is 23.6. The number of hydrogen-bond acceptors (Lipinski definition) is 3. The number of hydrogen-bond donors (Lipinski definition) is 2. The summed E-state index contributed by atoms with van der Waals surface area (Å²) in [5.41, 5.74) is 5.48. The van der Waals surface area contributed by atoms with Gasteiger partial charge in [-0.15, -0.1) is 0 Å². The molecule has 0 saturated heterocycles. The SMILES string of the molecule is CC(C)C1CCCCC1NC(=O)c1ccc(CN)o1. The van der Waals surface area contributed by atoms with E-state index in [1.807, 2.05) is 0 Å². The molecule has 4 nitrogen and oxygen atoms in total. The number of nitrogens with one attached hydrogen (secondary N) is 1. The summed E-state index contributed by atoms with van der Waals surface area (Å²) in [4.78, 5) is 12.2. The lowest BCUT2D eigenvalue weighted by atomic mass is 9.78. The number of furan rings is 1. The summed E-state index contributed by atoms with van der Waals surface area (Å²) in [6, 6.07) is 3.73. The lowest BCUT2D eigenvalue weighted by Crippen LogP contribution is -2.43. The number of amides is 1. The minimum Gasteiger partial charge on any atom is -0.455 e. The average molecular weight is 264 g/mol. The molecule has 1 aromatic rings. The first-order chi connectivity index (χ1) is 9.11. The van der Waals surface area contributed by atoms with E-state index < -0.39 is 0 Å². The summed E-state index contributed by atoms with van der Waals surface area (Å²) in [7, 11) is 0. The molecule has 0 spiro atoms. The van der Waals surface area contributed by atoms with Gasteiger partial charge in [0.15, 0.2) is 5.76 Å². The zero-order valence-corrected chi connectivity index (χ0v) is 11.8. The van der Waals surface area contributed by atoms with Crippen molar-refractivity contribution in [3.63, 3.8) is 0 Å². The second-order valence-corrected chi connectivity index (χ2v) is 5.74. The molecule has 1 aliphatic carbocycles. The maximum Gasteiger partial charge on any atom is 0.287 e. The molecule has 106 valence electrons. The molecule has 0 aromatic carbocycles. The first-order valence-electron chi connectivity index (χ1n) is 7.21. The third-order valence-corrected chi connectivity index (χ3v) is 4.08. The molecule has 0 radical (unpaired) electrons. The summed E-state index contributed by atoms with van der Waals surface area (Å²) < 4.78 is 5.39. The molecule has 3 N–H and O–H groups in total. The summed E-state index contributed by atoms with van der Waals surface area (Å²) in [5.74, 6) is 2.07. The van der Waals surface area contributed by atoms with E-state index in [9.17, 15) is 4.79 Å². The Morgan fingerprint density at radius 3 is 2.79 bits per heavy atom. The van der Waals surface area contributed by atoms with Gasteiger partial charge in [0.25, 0.3) is 5.91 Å². The molecule has 0 aliphatic heterocycles. The Morgan fingerprint density at radius 1 is 1.42 bits per heavy atom. The van der Waals surface area contributed by atoms with Crippen molar-refractivity contribution in [2.24, 2.45) is 17.6 Å². The van der Waals surface area contributed by atoms with Crippen LogP contribution in [0.5, 0.6) is 0 Å². The number of carbonyl (C=O) groups excluding carboxylic acids is 1. The van der Waals surface area contributed by atoms with E-state index in [1.165, 1.54) is 19.3 Å². The van der Waals surface area contributed by atoms with Crippen molar-refractivity contribution in [1.29, 1.82) is 0 Å². The average Bonchev–Trinajstić information content (AvgIpc) is 2.88. The highest BCUT2D eigenvalue weighted by Gasteiger charge is 2.29. The molecule has 1 saturated carbocycles. The van der Waals surface area contributed by atoms with Crippen LogP contribution in [-0.2, 0) is 6.54 Å². The van der Waals surface area contributed by atoms with E-state index in [0.717, 1.165) is 6.42 Å². The fourth-order valence-electron chi connectivity index (χ4n) is 2.99. The molecule has 1 heterocycles. The van der Waals surface area contributed by atoms with Crippen molar-refractivity contribution in [1.82, 2.24) is 5.32 Å². The Hall–Kier alpha value is -1.29. The quantitative estimate of drug-likeness (QED) is 0.878. The molecule has 19 heavy (non-hydrogen) atoms. The van der Waals surface area contributed by atoms with Gasteiger partial charge in [-0.25, -0.2) is 0 Å². The molecular weight excluding hydrogens is 240 g/mol. The van der Waals surface area contributed by atoms with E-state index in [4.69, 9.17) is 10.2 Å². The van der Waals surface area contributed by atoms with Crippen molar-refractivity contribution in [2.45, 2.75) is 52.1 Å². The first-order valence-corrected chi connectivity index (χ1v) is 7.21. The Kier molecular flexibility index (Phi) is 4.64. The molecule has 2 rings (SSSR count). The van der Waals surface area contributed by atoms with Crippen LogP contribution in [0, 0.1) is 11.8 Å². The highest BCUT2D eigenvalue weighted by atomic mass is 16.4. The predicted octanol–water partition coefficient (Wildman–Crippen LogP) is 2.68. The van der Waals surface area contributed by atoms with Crippen LogP contribution in [0.25, 0.3) is 0 Å². The van der Waals surface area contributed by atoms with Gasteiger partial charge in [-0.05, 0) is 36.8 Å².